The molecule has 3 rings (SSSR count). The normalized spacial score (nSPS) is 19.0. The van der Waals surface area contributed by atoms with E-state index in [1.807, 2.05) is 18.2 Å². The van der Waals surface area contributed by atoms with E-state index in [1.54, 1.807) is 12.1 Å². The number of ether oxygens (including phenoxy) is 1. The summed E-state index contributed by atoms with van der Waals surface area (Å²) in [6.45, 7) is 3.16. The molecule has 0 aliphatic carbocycles. The van der Waals surface area contributed by atoms with Gasteiger partial charge in [-0.25, -0.2) is 13.1 Å². The number of hydrogen-bond acceptors (Lipinski definition) is 4. The van der Waals surface area contributed by atoms with Gasteiger partial charge in [-0.05, 0) is 23.8 Å². The lowest BCUT2D eigenvalue weighted by Gasteiger charge is -2.33. The molecular weight excluding hydrogens is 360 g/mol. The summed E-state index contributed by atoms with van der Waals surface area (Å²) in [5.74, 6) is 0. The highest BCUT2D eigenvalue weighted by atomic mass is 35.5. The minimum absolute atomic E-state index is 0.0273. The Morgan fingerprint density at radius 2 is 1.96 bits per heavy atom. The second kappa shape index (κ2) is 8.29. The second-order valence-electron chi connectivity index (χ2n) is 5.93. The third kappa shape index (κ3) is 5.03. The van der Waals surface area contributed by atoms with Crippen LogP contribution in [0.2, 0.25) is 5.02 Å². The maximum atomic E-state index is 12.3. The Bertz CT molecular complexity index is 799. The predicted molar refractivity (Wildman–Crippen MR) is 98.2 cm³/mol. The summed E-state index contributed by atoms with van der Waals surface area (Å²) in [5.41, 5.74) is 1.15. The van der Waals surface area contributed by atoms with E-state index in [9.17, 15) is 8.42 Å². The van der Waals surface area contributed by atoms with E-state index in [4.69, 9.17) is 16.3 Å². The van der Waals surface area contributed by atoms with Gasteiger partial charge < -0.3 is 4.74 Å². The standard InChI is InChI=1S/C18H21ClN2O3S/c19-16-7-4-8-17(13-16)25(22,23)20-9-10-21-11-12-24-18(14-21)15-5-2-1-3-6-15/h1-8,13,18,20H,9-12,14H2. The fourth-order valence-electron chi connectivity index (χ4n) is 2.83. The van der Waals surface area contributed by atoms with Crippen molar-refractivity contribution in [1.82, 2.24) is 9.62 Å². The van der Waals surface area contributed by atoms with Gasteiger partial charge in [-0.15, -0.1) is 0 Å². The van der Waals surface area contributed by atoms with Crippen LogP contribution in [0, 0.1) is 0 Å². The number of nitrogens with one attached hydrogen (secondary N) is 1. The Balaban J connectivity index is 1.53. The average molecular weight is 381 g/mol. The molecule has 7 heteroatoms. The van der Waals surface area contributed by atoms with E-state index in [-0.39, 0.29) is 11.0 Å². The summed E-state index contributed by atoms with van der Waals surface area (Å²) < 4.78 is 33.1. The number of benzene rings is 2. The molecule has 2 aromatic carbocycles. The van der Waals surface area contributed by atoms with Crippen molar-refractivity contribution in [2.24, 2.45) is 0 Å². The molecule has 25 heavy (non-hydrogen) atoms. The van der Waals surface area contributed by atoms with Crippen LogP contribution >= 0.6 is 11.6 Å². The summed E-state index contributed by atoms with van der Waals surface area (Å²) in [7, 11) is -3.54. The first-order valence-corrected chi connectivity index (χ1v) is 10.0. The van der Waals surface area contributed by atoms with Crippen LogP contribution in [0.1, 0.15) is 11.7 Å². The predicted octanol–water partition coefficient (Wildman–Crippen LogP) is 2.69. The summed E-state index contributed by atoms with van der Waals surface area (Å²) >= 11 is 5.87. The molecule has 134 valence electrons. The second-order valence-corrected chi connectivity index (χ2v) is 8.13. The van der Waals surface area contributed by atoms with E-state index in [0.29, 0.717) is 24.7 Å². The van der Waals surface area contributed by atoms with Crippen molar-refractivity contribution in [3.8, 4) is 0 Å². The minimum Gasteiger partial charge on any atom is -0.371 e. The molecule has 0 saturated carbocycles. The number of rotatable bonds is 6. The summed E-state index contributed by atoms with van der Waals surface area (Å²) in [5, 5.41) is 0.404. The van der Waals surface area contributed by atoms with E-state index < -0.39 is 10.0 Å². The van der Waals surface area contributed by atoms with E-state index in [2.05, 4.69) is 21.8 Å². The molecule has 0 aromatic heterocycles. The monoisotopic (exact) mass is 380 g/mol. The number of halogens is 1. The number of hydrogen-bond donors (Lipinski definition) is 1. The zero-order valence-corrected chi connectivity index (χ0v) is 15.3. The summed E-state index contributed by atoms with van der Waals surface area (Å²) in [6, 6.07) is 16.3. The van der Waals surface area contributed by atoms with Gasteiger partial charge in [0, 0.05) is 31.2 Å². The Hall–Kier alpha value is -1.44. The molecule has 2 aromatic rings. The van der Waals surface area contributed by atoms with Crippen LogP contribution in [0.25, 0.3) is 0 Å². The zero-order valence-electron chi connectivity index (χ0n) is 13.8. The van der Waals surface area contributed by atoms with E-state index in [1.165, 1.54) is 12.1 Å². The van der Waals surface area contributed by atoms with Crippen molar-refractivity contribution in [1.29, 1.82) is 0 Å². The molecule has 1 atom stereocenters. The Morgan fingerprint density at radius 3 is 2.72 bits per heavy atom. The van der Waals surface area contributed by atoms with Crippen molar-refractivity contribution in [3.05, 3.63) is 65.2 Å². The van der Waals surface area contributed by atoms with Crippen LogP contribution < -0.4 is 4.72 Å². The van der Waals surface area contributed by atoms with Gasteiger partial charge >= 0.3 is 0 Å². The summed E-state index contributed by atoms with van der Waals surface area (Å²) in [4.78, 5) is 2.39. The van der Waals surface area contributed by atoms with Crippen LogP contribution in [-0.4, -0.2) is 46.1 Å². The zero-order chi connectivity index (χ0) is 17.7. The molecule has 0 bridgehead atoms. The first-order valence-electron chi connectivity index (χ1n) is 8.19. The van der Waals surface area contributed by atoms with Crippen molar-refractivity contribution in [2.45, 2.75) is 11.0 Å². The number of sulfonamides is 1. The molecule has 1 saturated heterocycles. The minimum atomic E-state index is -3.54. The largest absolute Gasteiger partial charge is 0.371 e. The molecule has 1 aliphatic heterocycles. The van der Waals surface area contributed by atoms with Gasteiger partial charge in [0.25, 0.3) is 0 Å². The average Bonchev–Trinajstić information content (AvgIpc) is 2.63. The van der Waals surface area contributed by atoms with Crippen LogP contribution in [0.3, 0.4) is 0 Å². The van der Waals surface area contributed by atoms with Crippen molar-refractivity contribution in [2.75, 3.05) is 32.8 Å². The molecule has 0 spiro atoms. The summed E-state index contributed by atoms with van der Waals surface area (Å²) in [6.07, 6.45) is 0.0273. The fourth-order valence-corrected chi connectivity index (χ4v) is 4.15. The third-order valence-electron chi connectivity index (χ3n) is 4.15. The Labute approximate surface area is 153 Å². The molecule has 0 amide bonds. The van der Waals surface area contributed by atoms with Crippen molar-refractivity contribution < 1.29 is 13.2 Å². The van der Waals surface area contributed by atoms with Crippen LogP contribution in [0.15, 0.2) is 59.5 Å². The molecule has 1 fully saturated rings. The first-order chi connectivity index (χ1) is 12.0. The molecule has 0 radical (unpaired) electrons. The quantitative estimate of drug-likeness (QED) is 0.837. The molecule has 1 unspecified atom stereocenters. The van der Waals surface area contributed by atoms with E-state index in [0.717, 1.165) is 18.7 Å². The van der Waals surface area contributed by atoms with Crippen molar-refractivity contribution in [3.63, 3.8) is 0 Å². The van der Waals surface area contributed by atoms with Crippen LogP contribution in [-0.2, 0) is 14.8 Å². The van der Waals surface area contributed by atoms with Crippen LogP contribution in [0.5, 0.6) is 0 Å². The van der Waals surface area contributed by atoms with Gasteiger partial charge in [0.05, 0.1) is 17.6 Å². The van der Waals surface area contributed by atoms with Gasteiger partial charge in [0.1, 0.15) is 0 Å². The SMILES string of the molecule is O=S(=O)(NCCN1CCOC(c2ccccc2)C1)c1cccc(Cl)c1. The number of morpholine rings is 1. The highest BCUT2D eigenvalue weighted by Crippen LogP contribution is 2.21. The number of nitrogens with zero attached hydrogens (tertiary/aromatic N) is 1. The topological polar surface area (TPSA) is 58.6 Å². The van der Waals surface area contributed by atoms with Gasteiger partial charge in [0.15, 0.2) is 0 Å². The van der Waals surface area contributed by atoms with Gasteiger partial charge in [-0.1, -0.05) is 48.0 Å². The highest BCUT2D eigenvalue weighted by Gasteiger charge is 2.22. The third-order valence-corrected chi connectivity index (χ3v) is 5.84. The lowest BCUT2D eigenvalue weighted by molar-refractivity contribution is -0.0291. The lowest BCUT2D eigenvalue weighted by atomic mass is 10.1. The smallest absolute Gasteiger partial charge is 0.240 e. The maximum Gasteiger partial charge on any atom is 0.240 e. The molecule has 1 heterocycles. The molecular formula is C18H21ClN2O3S. The lowest BCUT2D eigenvalue weighted by Crippen LogP contribution is -2.42. The van der Waals surface area contributed by atoms with Gasteiger partial charge in [-0.3, -0.25) is 4.90 Å². The van der Waals surface area contributed by atoms with Gasteiger partial charge in [-0.2, -0.15) is 0 Å². The Kier molecular flexibility index (Phi) is 6.09. The maximum absolute atomic E-state index is 12.3. The van der Waals surface area contributed by atoms with Gasteiger partial charge in [0.2, 0.25) is 10.0 Å². The fraction of sp³-hybridized carbons (Fsp3) is 0.333. The molecule has 1 aliphatic rings. The molecule has 1 N–H and O–H groups in total. The Morgan fingerprint density at radius 1 is 1.16 bits per heavy atom. The highest BCUT2D eigenvalue weighted by molar-refractivity contribution is 7.89. The van der Waals surface area contributed by atoms with Crippen molar-refractivity contribution >= 4 is 21.6 Å². The van der Waals surface area contributed by atoms with Crippen LogP contribution in [0.4, 0.5) is 0 Å². The van der Waals surface area contributed by atoms with E-state index >= 15 is 0 Å². The first kappa shape index (κ1) is 18.4. The molecule has 5 nitrogen and oxygen atoms in total.